The van der Waals surface area contributed by atoms with Crippen LogP contribution in [0.5, 0.6) is 0 Å². The molecule has 0 aliphatic heterocycles. The first-order chi connectivity index (χ1) is 9.95. The minimum atomic E-state index is -3.79. The Morgan fingerprint density at radius 3 is 2.62 bits per heavy atom. The van der Waals surface area contributed by atoms with Gasteiger partial charge in [-0.05, 0) is 19.1 Å². The van der Waals surface area contributed by atoms with E-state index in [-0.39, 0.29) is 11.4 Å². The summed E-state index contributed by atoms with van der Waals surface area (Å²) in [4.78, 5) is 14.4. The molecule has 0 spiro atoms. The van der Waals surface area contributed by atoms with Crippen molar-refractivity contribution in [3.63, 3.8) is 0 Å². The van der Waals surface area contributed by atoms with Crippen LogP contribution in [0.2, 0.25) is 0 Å². The number of hydrogen-bond donors (Lipinski definition) is 1. The molecule has 21 heavy (non-hydrogen) atoms. The number of pyridine rings is 1. The smallest absolute Gasteiger partial charge is 0.325 e. The van der Waals surface area contributed by atoms with Gasteiger partial charge in [-0.2, -0.15) is 5.10 Å². The van der Waals surface area contributed by atoms with Gasteiger partial charge in [0, 0.05) is 25.1 Å². The van der Waals surface area contributed by atoms with Gasteiger partial charge in [0.25, 0.3) is 10.0 Å². The van der Waals surface area contributed by atoms with Gasteiger partial charge in [0.1, 0.15) is 11.4 Å². The van der Waals surface area contributed by atoms with E-state index >= 15 is 0 Å². The van der Waals surface area contributed by atoms with Crippen molar-refractivity contribution < 1.29 is 18.3 Å². The van der Waals surface area contributed by atoms with Crippen molar-refractivity contribution in [3.8, 4) is 0 Å². The molecule has 2 aromatic rings. The second-order valence-corrected chi connectivity index (χ2v) is 6.00. The number of aromatic nitrogens is 3. The van der Waals surface area contributed by atoms with Gasteiger partial charge in [0.2, 0.25) is 0 Å². The van der Waals surface area contributed by atoms with Crippen LogP contribution in [0.25, 0.3) is 0 Å². The molecular weight excluding hydrogens is 296 g/mol. The number of nitrogens with zero attached hydrogens (tertiary/aromatic N) is 4. The van der Waals surface area contributed by atoms with Crippen molar-refractivity contribution in [2.24, 2.45) is 0 Å². The number of sulfonamides is 1. The van der Waals surface area contributed by atoms with Gasteiger partial charge in [-0.15, -0.1) is 0 Å². The molecule has 0 aliphatic rings. The molecule has 2 aromatic heterocycles. The van der Waals surface area contributed by atoms with E-state index in [2.05, 4.69) is 10.1 Å². The van der Waals surface area contributed by atoms with Crippen LogP contribution in [0.15, 0.2) is 41.8 Å². The molecule has 0 bridgehead atoms. The van der Waals surface area contributed by atoms with Gasteiger partial charge in [-0.3, -0.25) is 18.8 Å². The predicted octanol–water partition coefficient (Wildman–Crippen LogP) is 0.578. The average Bonchev–Trinajstić information content (AvgIpc) is 2.89. The van der Waals surface area contributed by atoms with E-state index < -0.39 is 22.5 Å². The average molecular weight is 310 g/mol. The van der Waals surface area contributed by atoms with E-state index in [0.717, 1.165) is 10.9 Å². The molecule has 0 fully saturated rings. The van der Waals surface area contributed by atoms with Crippen LogP contribution >= 0.6 is 0 Å². The van der Waals surface area contributed by atoms with Gasteiger partial charge in [0.15, 0.2) is 0 Å². The first kappa shape index (κ1) is 15.0. The van der Waals surface area contributed by atoms with Crippen LogP contribution in [-0.4, -0.2) is 40.8 Å². The zero-order valence-electron chi connectivity index (χ0n) is 11.2. The van der Waals surface area contributed by atoms with Crippen LogP contribution in [-0.2, 0) is 21.4 Å². The maximum Gasteiger partial charge on any atom is 0.325 e. The third-order valence-electron chi connectivity index (χ3n) is 2.73. The molecule has 0 saturated carbocycles. The quantitative estimate of drug-likeness (QED) is 0.836. The molecule has 2 heterocycles. The zero-order chi connectivity index (χ0) is 15.5. The van der Waals surface area contributed by atoms with Crippen LogP contribution in [0.3, 0.4) is 0 Å². The molecule has 0 aliphatic carbocycles. The van der Waals surface area contributed by atoms with Crippen molar-refractivity contribution in [2.45, 2.75) is 18.4 Å². The zero-order valence-corrected chi connectivity index (χ0v) is 12.1. The van der Waals surface area contributed by atoms with Crippen molar-refractivity contribution >= 4 is 21.7 Å². The molecule has 0 saturated heterocycles. The van der Waals surface area contributed by atoms with Crippen molar-refractivity contribution in [1.29, 1.82) is 0 Å². The Bertz CT molecular complexity index is 727. The number of rotatable bonds is 6. The molecular formula is C12H14N4O4S. The summed E-state index contributed by atoms with van der Waals surface area (Å²) in [6.45, 7) is 1.55. The van der Waals surface area contributed by atoms with Crippen molar-refractivity contribution in [3.05, 3.63) is 36.9 Å². The summed E-state index contributed by atoms with van der Waals surface area (Å²) in [5.74, 6) is -1.09. The van der Waals surface area contributed by atoms with E-state index in [1.54, 1.807) is 19.1 Å². The fraction of sp³-hybridized carbons (Fsp3) is 0.250. The third-order valence-corrected chi connectivity index (χ3v) is 4.59. The Hall–Kier alpha value is -2.42. The maximum atomic E-state index is 12.6. The number of carboxylic acid groups (broad SMARTS) is 1. The number of hydrogen-bond acceptors (Lipinski definition) is 5. The minimum absolute atomic E-state index is 0.0533. The second-order valence-electron chi connectivity index (χ2n) is 4.14. The van der Waals surface area contributed by atoms with E-state index in [9.17, 15) is 13.2 Å². The Morgan fingerprint density at radius 1 is 1.38 bits per heavy atom. The molecule has 0 aromatic carbocycles. The lowest BCUT2D eigenvalue weighted by Crippen LogP contribution is -2.30. The van der Waals surface area contributed by atoms with Crippen molar-refractivity contribution in [1.82, 2.24) is 14.8 Å². The third kappa shape index (κ3) is 3.19. The van der Waals surface area contributed by atoms with Gasteiger partial charge >= 0.3 is 5.97 Å². The SMILES string of the molecule is CCN(c1ccncc1)S(=O)(=O)c1cnn(CC(=O)O)c1. The summed E-state index contributed by atoms with van der Waals surface area (Å²) in [6, 6.07) is 3.17. The summed E-state index contributed by atoms with van der Waals surface area (Å²) >= 11 is 0. The number of aliphatic carboxylic acids is 1. The number of anilines is 1. The fourth-order valence-corrected chi connectivity index (χ4v) is 3.26. The summed E-state index contributed by atoms with van der Waals surface area (Å²) in [5.41, 5.74) is 0.485. The molecule has 1 N–H and O–H groups in total. The van der Waals surface area contributed by atoms with Gasteiger partial charge in [-0.1, -0.05) is 0 Å². The second kappa shape index (κ2) is 5.92. The molecule has 0 amide bonds. The molecule has 0 radical (unpaired) electrons. The lowest BCUT2D eigenvalue weighted by molar-refractivity contribution is -0.137. The fourth-order valence-electron chi connectivity index (χ4n) is 1.83. The van der Waals surface area contributed by atoms with Crippen LogP contribution in [0.4, 0.5) is 5.69 Å². The first-order valence-corrected chi connectivity index (χ1v) is 7.56. The summed E-state index contributed by atoms with van der Waals surface area (Å²) < 4.78 is 27.4. The highest BCUT2D eigenvalue weighted by molar-refractivity contribution is 7.92. The van der Waals surface area contributed by atoms with Crippen LogP contribution < -0.4 is 4.31 Å². The molecule has 0 atom stereocenters. The van der Waals surface area contributed by atoms with E-state index in [0.29, 0.717) is 5.69 Å². The molecule has 8 nitrogen and oxygen atoms in total. The summed E-state index contributed by atoms with van der Waals surface area (Å²) in [7, 11) is -3.79. The van der Waals surface area contributed by atoms with Gasteiger partial charge in [0.05, 0.1) is 11.9 Å². The Morgan fingerprint density at radius 2 is 2.05 bits per heavy atom. The summed E-state index contributed by atoms with van der Waals surface area (Å²) in [5, 5.41) is 12.4. The predicted molar refractivity (Wildman–Crippen MR) is 74.3 cm³/mol. The molecule has 112 valence electrons. The van der Waals surface area contributed by atoms with Crippen molar-refractivity contribution in [2.75, 3.05) is 10.8 Å². The Kier molecular flexibility index (Phi) is 4.22. The lowest BCUT2D eigenvalue weighted by atomic mass is 10.4. The van der Waals surface area contributed by atoms with E-state index in [4.69, 9.17) is 5.11 Å². The van der Waals surface area contributed by atoms with Crippen LogP contribution in [0, 0.1) is 0 Å². The highest BCUT2D eigenvalue weighted by Crippen LogP contribution is 2.22. The highest BCUT2D eigenvalue weighted by Gasteiger charge is 2.25. The number of carboxylic acids is 1. The Balaban J connectivity index is 2.36. The molecule has 0 unspecified atom stereocenters. The normalized spacial score (nSPS) is 11.3. The van der Waals surface area contributed by atoms with Gasteiger partial charge < -0.3 is 5.11 Å². The van der Waals surface area contributed by atoms with Gasteiger partial charge in [-0.25, -0.2) is 8.42 Å². The largest absolute Gasteiger partial charge is 0.480 e. The number of carbonyl (C=O) groups is 1. The maximum absolute atomic E-state index is 12.6. The lowest BCUT2D eigenvalue weighted by Gasteiger charge is -2.21. The van der Waals surface area contributed by atoms with E-state index in [1.165, 1.54) is 22.9 Å². The van der Waals surface area contributed by atoms with Crippen LogP contribution in [0.1, 0.15) is 6.92 Å². The summed E-state index contributed by atoms with van der Waals surface area (Å²) in [6.07, 6.45) is 5.35. The first-order valence-electron chi connectivity index (χ1n) is 6.12. The minimum Gasteiger partial charge on any atom is -0.480 e. The highest BCUT2D eigenvalue weighted by atomic mass is 32.2. The monoisotopic (exact) mass is 310 g/mol. The Labute approximate surface area is 121 Å². The van der Waals surface area contributed by atoms with E-state index in [1.807, 2.05) is 0 Å². The standard InChI is InChI=1S/C12H14N4O4S/c1-2-16(10-3-5-13-6-4-10)21(19,20)11-7-14-15(8-11)9-12(17)18/h3-8H,2,9H2,1H3,(H,17,18). The molecule has 9 heteroatoms. The molecule has 2 rings (SSSR count). The topological polar surface area (TPSA) is 105 Å².